The van der Waals surface area contributed by atoms with Gasteiger partial charge in [0.15, 0.2) is 0 Å². The summed E-state index contributed by atoms with van der Waals surface area (Å²) >= 11 is 0. The number of hydrogen-bond acceptors (Lipinski definition) is 5. The van der Waals surface area contributed by atoms with Gasteiger partial charge in [0.25, 0.3) is 0 Å². The molecule has 0 fully saturated rings. The van der Waals surface area contributed by atoms with Crippen LogP contribution in [0.4, 0.5) is 11.6 Å². The van der Waals surface area contributed by atoms with Crippen molar-refractivity contribution in [2.45, 2.75) is 5.03 Å². The molecule has 0 saturated heterocycles. The van der Waals surface area contributed by atoms with E-state index >= 15 is 0 Å². The van der Waals surface area contributed by atoms with Gasteiger partial charge in [-0.1, -0.05) is 0 Å². The average molecular weight is 312 g/mol. The van der Waals surface area contributed by atoms with Crippen LogP contribution in [0.25, 0.3) is 21.9 Å². The fourth-order valence-electron chi connectivity index (χ4n) is 2.33. The van der Waals surface area contributed by atoms with Crippen molar-refractivity contribution in [2.24, 2.45) is 0 Å². The van der Waals surface area contributed by atoms with Crippen LogP contribution in [0.15, 0.2) is 41.7 Å². The highest BCUT2D eigenvalue weighted by molar-refractivity contribution is 7.84. The van der Waals surface area contributed by atoms with Gasteiger partial charge in [0.1, 0.15) is 10.7 Å². The Morgan fingerprint density at radius 3 is 3.00 bits per heavy atom. The van der Waals surface area contributed by atoms with Crippen LogP contribution >= 0.6 is 0 Å². The van der Waals surface area contributed by atoms with Crippen molar-refractivity contribution in [3.63, 3.8) is 0 Å². The molecule has 7 nitrogen and oxygen atoms in total. The van der Waals surface area contributed by atoms with Crippen LogP contribution in [0.2, 0.25) is 0 Å². The van der Waals surface area contributed by atoms with Gasteiger partial charge in [-0.25, -0.2) is 4.98 Å². The first-order valence-electron chi connectivity index (χ1n) is 6.59. The lowest BCUT2D eigenvalue weighted by Gasteiger charge is -2.07. The van der Waals surface area contributed by atoms with Crippen molar-refractivity contribution in [2.75, 3.05) is 11.6 Å². The van der Waals surface area contributed by atoms with Gasteiger partial charge in [-0.2, -0.15) is 10.1 Å². The standard InChI is InChI=1S/C14H12N6OS/c1-22(21)13-10-4-5-15-12(10)18-14(19-13)17-9-3-2-8-7-16-20-11(8)6-9/h2-7H,1H3,(H,16,20)(H2,15,17,18,19). The fraction of sp³-hybridized carbons (Fsp3) is 0.0714. The van der Waals surface area contributed by atoms with Crippen molar-refractivity contribution >= 4 is 44.4 Å². The van der Waals surface area contributed by atoms with Crippen LogP contribution in [0.1, 0.15) is 0 Å². The number of benzene rings is 1. The largest absolute Gasteiger partial charge is 0.346 e. The Bertz CT molecular complexity index is 1000. The van der Waals surface area contributed by atoms with Crippen molar-refractivity contribution in [3.8, 4) is 0 Å². The molecule has 4 aromatic rings. The lowest BCUT2D eigenvalue weighted by atomic mass is 10.2. The summed E-state index contributed by atoms with van der Waals surface area (Å²) in [7, 11) is -1.19. The Balaban J connectivity index is 1.78. The van der Waals surface area contributed by atoms with Crippen LogP contribution in [0, 0.1) is 0 Å². The summed E-state index contributed by atoms with van der Waals surface area (Å²) in [6, 6.07) is 7.62. The second-order valence-electron chi connectivity index (χ2n) is 4.84. The molecule has 0 bridgehead atoms. The quantitative estimate of drug-likeness (QED) is 0.504. The van der Waals surface area contributed by atoms with Crippen molar-refractivity contribution < 1.29 is 4.21 Å². The van der Waals surface area contributed by atoms with Gasteiger partial charge in [0.05, 0.1) is 27.9 Å². The SMILES string of the molecule is CS(=O)c1nc(Nc2ccc3cn[nH]c3c2)nc2[nH]ccc12. The molecule has 3 aromatic heterocycles. The molecule has 8 heteroatoms. The van der Waals surface area contributed by atoms with Gasteiger partial charge in [0.2, 0.25) is 5.95 Å². The van der Waals surface area contributed by atoms with E-state index in [9.17, 15) is 4.21 Å². The highest BCUT2D eigenvalue weighted by Crippen LogP contribution is 2.23. The number of aromatic nitrogens is 5. The van der Waals surface area contributed by atoms with Gasteiger partial charge in [-0.15, -0.1) is 0 Å². The summed E-state index contributed by atoms with van der Waals surface area (Å²) < 4.78 is 11.9. The Kier molecular flexibility index (Phi) is 2.90. The molecule has 0 aliphatic carbocycles. The number of rotatable bonds is 3. The van der Waals surface area contributed by atoms with E-state index < -0.39 is 10.8 Å². The molecule has 1 unspecified atom stereocenters. The van der Waals surface area contributed by atoms with Gasteiger partial charge in [-0.05, 0) is 24.3 Å². The predicted octanol–water partition coefficient (Wildman–Crippen LogP) is 2.32. The summed E-state index contributed by atoms with van der Waals surface area (Å²) in [6.45, 7) is 0. The second-order valence-corrected chi connectivity index (χ2v) is 6.14. The maximum Gasteiger partial charge on any atom is 0.230 e. The monoisotopic (exact) mass is 312 g/mol. The highest BCUT2D eigenvalue weighted by Gasteiger charge is 2.12. The number of hydrogen-bond donors (Lipinski definition) is 3. The van der Waals surface area contributed by atoms with E-state index in [1.807, 2.05) is 24.3 Å². The molecule has 3 heterocycles. The third-order valence-electron chi connectivity index (χ3n) is 3.35. The Labute approximate surface area is 127 Å². The lowest BCUT2D eigenvalue weighted by Crippen LogP contribution is -2.02. The first-order chi connectivity index (χ1) is 10.7. The third-order valence-corrected chi connectivity index (χ3v) is 4.21. The summed E-state index contributed by atoms with van der Waals surface area (Å²) in [5.74, 6) is 0.402. The Morgan fingerprint density at radius 1 is 1.23 bits per heavy atom. The number of anilines is 2. The molecule has 1 atom stereocenters. The van der Waals surface area contributed by atoms with E-state index in [0.29, 0.717) is 16.6 Å². The van der Waals surface area contributed by atoms with Crippen LogP contribution in [0.3, 0.4) is 0 Å². The molecule has 0 amide bonds. The van der Waals surface area contributed by atoms with E-state index in [4.69, 9.17) is 0 Å². The van der Waals surface area contributed by atoms with E-state index in [-0.39, 0.29) is 0 Å². The zero-order valence-corrected chi connectivity index (χ0v) is 12.4. The number of fused-ring (bicyclic) bond motifs is 2. The number of nitrogens with one attached hydrogen (secondary N) is 3. The molecule has 0 spiro atoms. The predicted molar refractivity (Wildman–Crippen MR) is 85.6 cm³/mol. The maximum absolute atomic E-state index is 11.9. The Morgan fingerprint density at radius 2 is 2.14 bits per heavy atom. The van der Waals surface area contributed by atoms with Gasteiger partial charge >= 0.3 is 0 Å². The van der Waals surface area contributed by atoms with Gasteiger partial charge in [0, 0.05) is 23.5 Å². The van der Waals surface area contributed by atoms with E-state index in [2.05, 4.69) is 30.5 Å². The van der Waals surface area contributed by atoms with Crippen LogP contribution < -0.4 is 5.32 Å². The lowest BCUT2D eigenvalue weighted by molar-refractivity contribution is 0.685. The number of nitrogens with zero attached hydrogens (tertiary/aromatic N) is 3. The second kappa shape index (κ2) is 4.92. The molecule has 0 aliphatic heterocycles. The van der Waals surface area contributed by atoms with Crippen molar-refractivity contribution in [1.82, 2.24) is 25.1 Å². The molecule has 4 rings (SSSR count). The minimum Gasteiger partial charge on any atom is -0.346 e. The van der Waals surface area contributed by atoms with E-state index in [0.717, 1.165) is 22.0 Å². The molecule has 1 aromatic carbocycles. The molecule has 110 valence electrons. The molecule has 0 radical (unpaired) electrons. The summed E-state index contributed by atoms with van der Waals surface area (Å²) in [4.78, 5) is 11.8. The molecule has 3 N–H and O–H groups in total. The molecular weight excluding hydrogens is 300 g/mol. The summed E-state index contributed by atoms with van der Waals surface area (Å²) in [5.41, 5.74) is 2.41. The Hall–Kier alpha value is -2.74. The molecule has 0 aliphatic rings. The van der Waals surface area contributed by atoms with Crippen molar-refractivity contribution in [3.05, 3.63) is 36.7 Å². The minimum absolute atomic E-state index is 0.402. The normalized spacial score (nSPS) is 12.8. The van der Waals surface area contributed by atoms with Gasteiger partial charge in [-0.3, -0.25) is 9.31 Å². The fourth-order valence-corrected chi connectivity index (χ4v) is 3.02. The van der Waals surface area contributed by atoms with E-state index in [1.165, 1.54) is 0 Å². The highest BCUT2D eigenvalue weighted by atomic mass is 32.2. The summed E-state index contributed by atoms with van der Waals surface area (Å²) in [6.07, 6.45) is 5.13. The number of aromatic amines is 2. The van der Waals surface area contributed by atoms with Crippen LogP contribution in [0.5, 0.6) is 0 Å². The van der Waals surface area contributed by atoms with E-state index in [1.54, 1.807) is 18.6 Å². The zero-order valence-electron chi connectivity index (χ0n) is 11.6. The average Bonchev–Trinajstić information content (AvgIpc) is 3.13. The smallest absolute Gasteiger partial charge is 0.230 e. The molecular formula is C14H12N6OS. The zero-order chi connectivity index (χ0) is 15.1. The third kappa shape index (κ3) is 2.13. The van der Waals surface area contributed by atoms with Crippen LogP contribution in [-0.4, -0.2) is 35.6 Å². The minimum atomic E-state index is -1.19. The first kappa shape index (κ1) is 13.0. The van der Waals surface area contributed by atoms with Crippen molar-refractivity contribution in [1.29, 1.82) is 0 Å². The summed E-state index contributed by atoms with van der Waals surface area (Å²) in [5, 5.41) is 12.4. The topological polar surface area (TPSA) is 99.3 Å². The first-order valence-corrected chi connectivity index (χ1v) is 8.15. The molecule has 0 saturated carbocycles. The molecule has 22 heavy (non-hydrogen) atoms. The number of H-pyrrole nitrogens is 2. The van der Waals surface area contributed by atoms with Crippen LogP contribution in [-0.2, 0) is 10.8 Å². The van der Waals surface area contributed by atoms with Gasteiger partial charge < -0.3 is 10.3 Å². The maximum atomic E-state index is 11.9.